The van der Waals surface area contributed by atoms with Crippen LogP contribution in [0.2, 0.25) is 5.02 Å². The predicted molar refractivity (Wildman–Crippen MR) is 117 cm³/mol. The lowest BCUT2D eigenvalue weighted by Crippen LogP contribution is -2.47. The van der Waals surface area contributed by atoms with E-state index in [0.29, 0.717) is 11.6 Å². The van der Waals surface area contributed by atoms with Gasteiger partial charge in [-0.2, -0.15) is 0 Å². The molecule has 156 valence electrons. The minimum absolute atomic E-state index is 0.0857. The van der Waals surface area contributed by atoms with Crippen molar-refractivity contribution >= 4 is 11.6 Å². The quantitative estimate of drug-likeness (QED) is 0.470. The van der Waals surface area contributed by atoms with Crippen molar-refractivity contribution in [2.24, 2.45) is 0 Å². The highest BCUT2D eigenvalue weighted by Crippen LogP contribution is 2.36. The van der Waals surface area contributed by atoms with Gasteiger partial charge in [0, 0.05) is 36.8 Å². The highest BCUT2D eigenvalue weighted by atomic mass is 35.5. The van der Waals surface area contributed by atoms with E-state index < -0.39 is 0 Å². The van der Waals surface area contributed by atoms with Crippen LogP contribution in [0.15, 0.2) is 66.7 Å². The van der Waals surface area contributed by atoms with Crippen LogP contribution in [0.5, 0.6) is 0 Å². The molecule has 0 radical (unpaired) electrons. The van der Waals surface area contributed by atoms with E-state index >= 15 is 0 Å². The Kier molecular flexibility index (Phi) is 6.47. The zero-order valence-corrected chi connectivity index (χ0v) is 17.7. The predicted octanol–water partition coefficient (Wildman–Crippen LogP) is 6.33. The summed E-state index contributed by atoms with van der Waals surface area (Å²) in [6.45, 7) is 5.35. The van der Waals surface area contributed by atoms with Crippen LogP contribution in [0.25, 0.3) is 0 Å². The summed E-state index contributed by atoms with van der Waals surface area (Å²) in [5.74, 6) is -0.577. The molecule has 0 spiro atoms. The molecule has 1 fully saturated rings. The third kappa shape index (κ3) is 4.89. The molecule has 1 atom stereocenters. The number of rotatable bonds is 5. The first kappa shape index (κ1) is 21.0. The fourth-order valence-corrected chi connectivity index (χ4v) is 4.52. The number of halogens is 3. The van der Waals surface area contributed by atoms with Gasteiger partial charge in [-0.15, -0.1) is 0 Å². The summed E-state index contributed by atoms with van der Waals surface area (Å²) in [5.41, 5.74) is 4.40. The summed E-state index contributed by atoms with van der Waals surface area (Å²) >= 11 is 6.50. The highest BCUT2D eigenvalue weighted by Gasteiger charge is 2.32. The number of hydrogen-bond donors (Lipinski definition) is 0. The second-order valence-corrected chi connectivity index (χ2v) is 8.36. The van der Waals surface area contributed by atoms with E-state index in [9.17, 15) is 8.78 Å². The average molecular weight is 427 g/mol. The van der Waals surface area contributed by atoms with E-state index in [4.69, 9.17) is 11.6 Å². The molecule has 0 bridgehead atoms. The van der Waals surface area contributed by atoms with Gasteiger partial charge in [-0.25, -0.2) is 8.78 Å². The Balaban J connectivity index is 1.67. The molecule has 1 aliphatic rings. The molecule has 1 saturated heterocycles. The molecule has 4 rings (SSSR count). The van der Waals surface area contributed by atoms with E-state index in [1.165, 1.54) is 35.4 Å². The van der Waals surface area contributed by atoms with E-state index in [-0.39, 0.29) is 17.8 Å². The topological polar surface area (TPSA) is 6.48 Å². The van der Waals surface area contributed by atoms with Gasteiger partial charge < -0.3 is 0 Å². The molecule has 2 nitrogen and oxygen atoms in total. The maximum absolute atomic E-state index is 13.7. The molecular weight excluding hydrogens is 402 g/mol. The Morgan fingerprint density at radius 3 is 2.17 bits per heavy atom. The fourth-order valence-electron chi connectivity index (χ4n) is 4.26. The molecule has 0 aliphatic carbocycles. The molecule has 30 heavy (non-hydrogen) atoms. The SMILES string of the molecule is Cc1cccc(CN2CCCN(Cc3ccc(F)cc3)[C@@H]2c2ccc(F)cc2Cl)c1. The maximum atomic E-state index is 13.7. The standard InChI is InChI=1S/C25H25ClF2N2/c1-18-4-2-5-20(14-18)17-30-13-3-12-29(16-19-6-8-21(27)9-7-19)25(30)23-11-10-22(28)15-24(23)26/h2,4-11,14-15,25H,3,12-13,16-17H2,1H3/t25-/m0/s1. The van der Waals surface area contributed by atoms with Crippen LogP contribution in [-0.2, 0) is 13.1 Å². The first-order valence-electron chi connectivity index (χ1n) is 10.2. The highest BCUT2D eigenvalue weighted by molar-refractivity contribution is 6.31. The van der Waals surface area contributed by atoms with E-state index in [1.807, 2.05) is 12.1 Å². The van der Waals surface area contributed by atoms with Gasteiger partial charge in [0.15, 0.2) is 0 Å². The van der Waals surface area contributed by atoms with Gasteiger partial charge >= 0.3 is 0 Å². The normalized spacial score (nSPS) is 17.9. The number of aryl methyl sites for hydroxylation is 1. The number of nitrogens with zero attached hydrogens (tertiary/aromatic N) is 2. The van der Waals surface area contributed by atoms with Gasteiger partial charge in [0.2, 0.25) is 0 Å². The Bertz CT molecular complexity index is 1010. The Morgan fingerprint density at radius 2 is 1.50 bits per heavy atom. The second kappa shape index (κ2) is 9.25. The van der Waals surface area contributed by atoms with Crippen molar-refractivity contribution < 1.29 is 8.78 Å². The molecule has 1 aliphatic heterocycles. The van der Waals surface area contributed by atoms with Gasteiger partial charge in [-0.1, -0.05) is 59.6 Å². The average Bonchev–Trinajstić information content (AvgIpc) is 2.71. The van der Waals surface area contributed by atoms with Gasteiger partial charge in [0.25, 0.3) is 0 Å². The van der Waals surface area contributed by atoms with E-state index in [2.05, 4.69) is 41.0 Å². The van der Waals surface area contributed by atoms with Crippen molar-refractivity contribution in [3.8, 4) is 0 Å². The molecule has 0 N–H and O–H groups in total. The van der Waals surface area contributed by atoms with Gasteiger partial charge in [0.05, 0.1) is 6.17 Å². The minimum atomic E-state index is -0.338. The second-order valence-electron chi connectivity index (χ2n) is 7.95. The zero-order valence-electron chi connectivity index (χ0n) is 17.0. The lowest BCUT2D eigenvalue weighted by molar-refractivity contribution is -0.00908. The molecule has 3 aromatic carbocycles. The Labute approximate surface area is 181 Å². The molecular formula is C25H25ClF2N2. The van der Waals surface area contributed by atoms with Crippen LogP contribution >= 0.6 is 11.6 Å². The summed E-state index contributed by atoms with van der Waals surface area (Å²) in [5, 5.41) is 0.431. The first-order valence-corrected chi connectivity index (χ1v) is 10.6. The molecule has 3 aromatic rings. The summed E-state index contributed by atoms with van der Waals surface area (Å²) in [6, 6.07) is 19.7. The summed E-state index contributed by atoms with van der Waals surface area (Å²) in [7, 11) is 0. The van der Waals surface area contributed by atoms with Gasteiger partial charge in [0.1, 0.15) is 11.6 Å². The van der Waals surface area contributed by atoms with Crippen molar-refractivity contribution in [1.29, 1.82) is 0 Å². The minimum Gasteiger partial charge on any atom is -0.280 e. The molecule has 0 amide bonds. The van der Waals surface area contributed by atoms with Crippen molar-refractivity contribution in [1.82, 2.24) is 9.80 Å². The molecule has 0 aromatic heterocycles. The third-order valence-corrected chi connectivity index (χ3v) is 5.92. The summed E-state index contributed by atoms with van der Waals surface area (Å²) in [4.78, 5) is 4.73. The molecule has 1 heterocycles. The number of benzene rings is 3. The van der Waals surface area contributed by atoms with Crippen molar-refractivity contribution in [3.63, 3.8) is 0 Å². The van der Waals surface area contributed by atoms with Crippen molar-refractivity contribution in [3.05, 3.63) is 106 Å². The van der Waals surface area contributed by atoms with Crippen LogP contribution in [0.3, 0.4) is 0 Å². The zero-order chi connectivity index (χ0) is 21.1. The fraction of sp³-hybridized carbons (Fsp3) is 0.280. The summed E-state index contributed by atoms with van der Waals surface area (Å²) in [6.07, 6.45) is 0.930. The monoisotopic (exact) mass is 426 g/mol. The smallest absolute Gasteiger partial charge is 0.124 e. The van der Waals surface area contributed by atoms with Crippen LogP contribution in [0.4, 0.5) is 8.78 Å². The summed E-state index contributed by atoms with van der Waals surface area (Å²) < 4.78 is 27.1. The van der Waals surface area contributed by atoms with E-state index in [0.717, 1.165) is 37.2 Å². The molecule has 0 saturated carbocycles. The van der Waals surface area contributed by atoms with Crippen molar-refractivity contribution in [2.45, 2.75) is 32.6 Å². The Hall–Kier alpha value is -2.27. The Morgan fingerprint density at radius 1 is 0.833 bits per heavy atom. The molecule has 0 unspecified atom stereocenters. The van der Waals surface area contributed by atoms with Crippen molar-refractivity contribution in [2.75, 3.05) is 13.1 Å². The van der Waals surface area contributed by atoms with E-state index in [1.54, 1.807) is 6.07 Å². The van der Waals surface area contributed by atoms with Crippen LogP contribution in [0, 0.1) is 18.6 Å². The molecule has 5 heteroatoms. The maximum Gasteiger partial charge on any atom is 0.124 e. The van der Waals surface area contributed by atoms with Gasteiger partial charge in [-0.3, -0.25) is 9.80 Å². The number of hydrogen-bond acceptors (Lipinski definition) is 2. The lowest BCUT2D eigenvalue weighted by atomic mass is 10.0. The van der Waals surface area contributed by atoms with Crippen LogP contribution in [-0.4, -0.2) is 22.9 Å². The van der Waals surface area contributed by atoms with Crippen LogP contribution < -0.4 is 0 Å². The third-order valence-electron chi connectivity index (χ3n) is 5.59. The first-order chi connectivity index (χ1) is 14.5. The lowest BCUT2D eigenvalue weighted by Gasteiger charge is -2.44. The van der Waals surface area contributed by atoms with Gasteiger partial charge in [-0.05, 0) is 48.7 Å². The van der Waals surface area contributed by atoms with Crippen LogP contribution in [0.1, 0.15) is 34.8 Å². The largest absolute Gasteiger partial charge is 0.280 e.